The summed E-state index contributed by atoms with van der Waals surface area (Å²) in [7, 11) is 0. The molecule has 0 saturated carbocycles. The SMILES string of the molecule is CC(=O)c1ccc(N2C(=O)[C@@H]3CN(C(=O)c4cccnc4)CCN3C2=O)cc1. The van der Waals surface area contributed by atoms with Gasteiger partial charge in [-0.15, -0.1) is 0 Å². The fraction of sp³-hybridized carbons (Fsp3) is 0.250. The lowest BCUT2D eigenvalue weighted by molar-refractivity contribution is -0.120. The predicted molar refractivity (Wildman–Crippen MR) is 100.0 cm³/mol. The first-order chi connectivity index (χ1) is 13.5. The average molecular weight is 378 g/mol. The molecule has 0 N–H and O–H groups in total. The molecule has 2 fully saturated rings. The minimum Gasteiger partial charge on any atom is -0.334 e. The fourth-order valence-electron chi connectivity index (χ4n) is 3.53. The predicted octanol–water partition coefficient (Wildman–Crippen LogP) is 1.58. The number of hydrogen-bond acceptors (Lipinski definition) is 5. The first kappa shape index (κ1) is 17.8. The maximum atomic E-state index is 12.9. The van der Waals surface area contributed by atoms with Gasteiger partial charge in [0.05, 0.1) is 17.8 Å². The van der Waals surface area contributed by atoms with E-state index in [0.717, 1.165) is 4.90 Å². The Labute approximate surface area is 161 Å². The van der Waals surface area contributed by atoms with Crippen LogP contribution in [0.1, 0.15) is 27.6 Å². The summed E-state index contributed by atoms with van der Waals surface area (Å²) in [4.78, 5) is 57.9. The van der Waals surface area contributed by atoms with Crippen molar-refractivity contribution in [1.82, 2.24) is 14.8 Å². The Hall–Kier alpha value is -3.55. The molecule has 1 aromatic carbocycles. The van der Waals surface area contributed by atoms with Crippen LogP contribution in [0.5, 0.6) is 0 Å². The third-order valence-corrected chi connectivity index (χ3v) is 5.05. The Morgan fingerprint density at radius 3 is 2.43 bits per heavy atom. The highest BCUT2D eigenvalue weighted by molar-refractivity contribution is 6.21. The van der Waals surface area contributed by atoms with Gasteiger partial charge in [-0.1, -0.05) is 0 Å². The van der Waals surface area contributed by atoms with Crippen molar-refractivity contribution in [3.8, 4) is 0 Å². The summed E-state index contributed by atoms with van der Waals surface area (Å²) in [5.74, 6) is -0.672. The monoisotopic (exact) mass is 378 g/mol. The average Bonchev–Trinajstić information content (AvgIpc) is 2.98. The summed E-state index contributed by atoms with van der Waals surface area (Å²) in [5, 5.41) is 0. The van der Waals surface area contributed by atoms with Gasteiger partial charge in [0.1, 0.15) is 6.04 Å². The summed E-state index contributed by atoms with van der Waals surface area (Å²) in [6.07, 6.45) is 3.07. The summed E-state index contributed by atoms with van der Waals surface area (Å²) >= 11 is 0. The van der Waals surface area contributed by atoms with Crippen LogP contribution in [0.25, 0.3) is 0 Å². The summed E-state index contributed by atoms with van der Waals surface area (Å²) in [6, 6.07) is 8.59. The molecule has 0 radical (unpaired) electrons. The largest absolute Gasteiger partial charge is 0.334 e. The molecule has 8 heteroatoms. The molecule has 1 aromatic heterocycles. The van der Waals surface area contributed by atoms with Crippen LogP contribution >= 0.6 is 0 Å². The van der Waals surface area contributed by atoms with Crippen LogP contribution in [0.2, 0.25) is 0 Å². The third kappa shape index (κ3) is 2.92. The zero-order valence-corrected chi connectivity index (χ0v) is 15.2. The zero-order chi connectivity index (χ0) is 19.8. The molecule has 142 valence electrons. The van der Waals surface area contributed by atoms with Gasteiger partial charge < -0.3 is 9.80 Å². The van der Waals surface area contributed by atoms with Crippen LogP contribution in [0, 0.1) is 0 Å². The standard InChI is InChI=1S/C20H18N4O4/c1-13(25)14-4-6-16(7-5-14)24-19(27)17-12-22(9-10-23(17)20(24)28)18(26)15-3-2-8-21-11-15/h2-8,11,17H,9-10,12H2,1H3/t17-/m0/s1. The third-order valence-electron chi connectivity index (χ3n) is 5.05. The number of Topliss-reactive ketones (excluding diaryl/α,β-unsaturated/α-hetero) is 1. The van der Waals surface area contributed by atoms with E-state index >= 15 is 0 Å². The molecule has 8 nitrogen and oxygen atoms in total. The van der Waals surface area contributed by atoms with Crippen LogP contribution in [0.4, 0.5) is 10.5 Å². The molecule has 0 aliphatic carbocycles. The molecule has 2 aromatic rings. The Bertz CT molecular complexity index is 958. The van der Waals surface area contributed by atoms with Gasteiger partial charge in [-0.05, 0) is 43.3 Å². The number of fused-ring (bicyclic) bond motifs is 1. The maximum absolute atomic E-state index is 12.9. The smallest absolute Gasteiger partial charge is 0.332 e. The summed E-state index contributed by atoms with van der Waals surface area (Å²) < 4.78 is 0. The minimum absolute atomic E-state index is 0.0902. The van der Waals surface area contributed by atoms with E-state index in [-0.39, 0.29) is 30.7 Å². The summed E-state index contributed by atoms with van der Waals surface area (Å²) in [6.45, 7) is 2.22. The molecular weight excluding hydrogens is 360 g/mol. The number of carbonyl (C=O) groups excluding carboxylic acids is 4. The van der Waals surface area contributed by atoms with Gasteiger partial charge in [0.2, 0.25) is 0 Å². The quantitative estimate of drug-likeness (QED) is 0.597. The second kappa shape index (κ2) is 6.88. The van der Waals surface area contributed by atoms with Crippen LogP contribution < -0.4 is 4.90 Å². The zero-order valence-electron chi connectivity index (χ0n) is 15.2. The van der Waals surface area contributed by atoms with Gasteiger partial charge in [0, 0.05) is 31.0 Å². The van der Waals surface area contributed by atoms with Crippen molar-refractivity contribution in [2.45, 2.75) is 13.0 Å². The van der Waals surface area contributed by atoms with Crippen molar-refractivity contribution in [3.05, 3.63) is 59.9 Å². The molecule has 2 aliphatic rings. The number of amides is 4. The Balaban J connectivity index is 1.55. The van der Waals surface area contributed by atoms with Crippen LogP contribution in [0.15, 0.2) is 48.8 Å². The van der Waals surface area contributed by atoms with E-state index in [1.54, 1.807) is 47.5 Å². The number of imide groups is 1. The van der Waals surface area contributed by atoms with E-state index in [1.807, 2.05) is 0 Å². The number of carbonyl (C=O) groups is 4. The number of nitrogens with zero attached hydrogens (tertiary/aromatic N) is 4. The van der Waals surface area contributed by atoms with E-state index in [0.29, 0.717) is 23.4 Å². The normalized spacial score (nSPS) is 19.0. The number of hydrogen-bond donors (Lipinski definition) is 0. The lowest BCUT2D eigenvalue weighted by atomic mass is 10.1. The Morgan fingerprint density at radius 2 is 1.79 bits per heavy atom. The fourth-order valence-corrected chi connectivity index (χ4v) is 3.53. The van der Waals surface area contributed by atoms with E-state index in [9.17, 15) is 19.2 Å². The molecule has 2 saturated heterocycles. The number of rotatable bonds is 3. The Morgan fingerprint density at radius 1 is 1.04 bits per heavy atom. The first-order valence-electron chi connectivity index (χ1n) is 8.92. The number of pyridine rings is 1. The summed E-state index contributed by atoms with van der Waals surface area (Å²) in [5.41, 5.74) is 1.37. The highest BCUT2D eigenvalue weighted by Gasteiger charge is 2.49. The number of ketones is 1. The molecule has 2 aliphatic heterocycles. The molecule has 4 rings (SSSR count). The minimum atomic E-state index is -0.714. The number of urea groups is 1. The van der Waals surface area contributed by atoms with Gasteiger partial charge >= 0.3 is 6.03 Å². The molecular formula is C20H18N4O4. The highest BCUT2D eigenvalue weighted by Crippen LogP contribution is 2.28. The molecule has 3 heterocycles. The topological polar surface area (TPSA) is 90.9 Å². The van der Waals surface area contributed by atoms with Crippen molar-refractivity contribution in [3.63, 3.8) is 0 Å². The van der Waals surface area contributed by atoms with E-state index in [4.69, 9.17) is 0 Å². The Kier molecular flexibility index (Phi) is 4.38. The molecule has 28 heavy (non-hydrogen) atoms. The van der Waals surface area contributed by atoms with Gasteiger partial charge in [0.15, 0.2) is 5.78 Å². The van der Waals surface area contributed by atoms with Crippen LogP contribution in [-0.2, 0) is 4.79 Å². The van der Waals surface area contributed by atoms with E-state index in [2.05, 4.69) is 4.98 Å². The van der Waals surface area contributed by atoms with Crippen molar-refractivity contribution in [2.75, 3.05) is 24.5 Å². The van der Waals surface area contributed by atoms with Crippen molar-refractivity contribution in [1.29, 1.82) is 0 Å². The number of aromatic nitrogens is 1. The van der Waals surface area contributed by atoms with Gasteiger partial charge in [-0.2, -0.15) is 0 Å². The molecule has 4 amide bonds. The molecule has 0 spiro atoms. The molecule has 0 unspecified atom stereocenters. The van der Waals surface area contributed by atoms with E-state index < -0.39 is 12.1 Å². The number of anilines is 1. The second-order valence-electron chi connectivity index (χ2n) is 6.76. The van der Waals surface area contributed by atoms with Crippen molar-refractivity contribution in [2.24, 2.45) is 0 Å². The van der Waals surface area contributed by atoms with Gasteiger partial charge in [0.25, 0.3) is 11.8 Å². The number of benzene rings is 1. The van der Waals surface area contributed by atoms with Gasteiger partial charge in [-0.25, -0.2) is 9.69 Å². The van der Waals surface area contributed by atoms with E-state index in [1.165, 1.54) is 18.0 Å². The van der Waals surface area contributed by atoms with Gasteiger partial charge in [-0.3, -0.25) is 19.4 Å². The van der Waals surface area contributed by atoms with Crippen molar-refractivity contribution < 1.29 is 19.2 Å². The van der Waals surface area contributed by atoms with Crippen LogP contribution in [0.3, 0.4) is 0 Å². The molecule has 1 atom stereocenters. The highest BCUT2D eigenvalue weighted by atomic mass is 16.2. The lowest BCUT2D eigenvalue weighted by Gasteiger charge is -2.35. The van der Waals surface area contributed by atoms with Crippen molar-refractivity contribution >= 4 is 29.3 Å². The first-order valence-corrected chi connectivity index (χ1v) is 8.92. The van der Waals surface area contributed by atoms with Crippen LogP contribution in [-0.4, -0.2) is 64.1 Å². The number of piperazine rings is 1. The lowest BCUT2D eigenvalue weighted by Crippen LogP contribution is -2.54. The molecule has 0 bridgehead atoms. The maximum Gasteiger partial charge on any atom is 0.332 e. The second-order valence-corrected chi connectivity index (χ2v) is 6.76.